The Kier molecular flexibility index (Phi) is 7.12. The first-order valence-corrected chi connectivity index (χ1v) is 5.91. The SMILES string of the molecule is C=C(C)/C=C\C(C)=C/C(=C)/C(C)=C/C(C=N)C(=O)O. The second-order valence-corrected chi connectivity index (χ2v) is 4.47. The second kappa shape index (κ2) is 8.03. The average Bonchev–Trinajstić information content (AvgIpc) is 2.32. The number of carbonyl (C=O) groups is 1. The standard InChI is InChI=1S/C16H21NO2/c1-11(2)6-7-12(3)8-13(4)14(5)9-15(10-17)16(18)19/h6-10,15,17H,1,4H2,2-3,5H3,(H,18,19)/b7-6-,12-8-,14-9+,17-10?. The van der Waals surface area contributed by atoms with E-state index in [0.717, 1.165) is 28.5 Å². The minimum Gasteiger partial charge on any atom is -0.481 e. The molecule has 3 nitrogen and oxygen atoms in total. The molecule has 1 unspecified atom stereocenters. The minimum absolute atomic E-state index is 0.733. The molecule has 0 aromatic heterocycles. The predicted octanol–water partition coefficient (Wildman–Crippen LogP) is 3.92. The van der Waals surface area contributed by atoms with E-state index in [2.05, 4.69) is 13.2 Å². The predicted molar refractivity (Wildman–Crippen MR) is 80.5 cm³/mol. The van der Waals surface area contributed by atoms with Crippen molar-refractivity contribution in [3.63, 3.8) is 0 Å². The fourth-order valence-corrected chi connectivity index (χ4v) is 1.28. The average molecular weight is 259 g/mol. The Hall–Kier alpha value is -2.16. The molecule has 102 valence electrons. The summed E-state index contributed by atoms with van der Waals surface area (Å²) in [6.45, 7) is 13.3. The maximum Gasteiger partial charge on any atom is 0.315 e. The Morgan fingerprint density at radius 2 is 1.79 bits per heavy atom. The van der Waals surface area contributed by atoms with Gasteiger partial charge >= 0.3 is 5.97 Å². The molecular weight excluding hydrogens is 238 g/mol. The maximum atomic E-state index is 10.8. The van der Waals surface area contributed by atoms with Crippen LogP contribution in [-0.4, -0.2) is 17.3 Å². The summed E-state index contributed by atoms with van der Waals surface area (Å²) in [6.07, 6.45) is 8.11. The quantitative estimate of drug-likeness (QED) is 0.537. The number of aliphatic carboxylic acids is 1. The Balaban J connectivity index is 4.97. The van der Waals surface area contributed by atoms with Gasteiger partial charge in [0.05, 0.1) is 0 Å². The molecule has 0 aliphatic rings. The number of carboxylic acids is 1. The van der Waals surface area contributed by atoms with Crippen molar-refractivity contribution < 1.29 is 9.90 Å². The van der Waals surface area contributed by atoms with Crippen LogP contribution in [0.2, 0.25) is 0 Å². The fourth-order valence-electron chi connectivity index (χ4n) is 1.28. The summed E-state index contributed by atoms with van der Waals surface area (Å²) < 4.78 is 0. The topological polar surface area (TPSA) is 61.2 Å². The van der Waals surface area contributed by atoms with E-state index in [-0.39, 0.29) is 0 Å². The zero-order valence-corrected chi connectivity index (χ0v) is 11.7. The van der Waals surface area contributed by atoms with Gasteiger partial charge in [-0.05, 0) is 31.9 Å². The van der Waals surface area contributed by atoms with E-state index in [0.29, 0.717) is 0 Å². The van der Waals surface area contributed by atoms with Crippen molar-refractivity contribution in [3.8, 4) is 0 Å². The van der Waals surface area contributed by atoms with Crippen LogP contribution in [-0.2, 0) is 4.79 Å². The van der Waals surface area contributed by atoms with Gasteiger partial charge < -0.3 is 10.5 Å². The van der Waals surface area contributed by atoms with Gasteiger partial charge in [-0.25, -0.2) is 0 Å². The lowest BCUT2D eigenvalue weighted by molar-refractivity contribution is -0.137. The third-order valence-corrected chi connectivity index (χ3v) is 2.43. The van der Waals surface area contributed by atoms with Crippen LogP contribution in [0.4, 0.5) is 0 Å². The molecule has 0 aliphatic heterocycles. The molecule has 0 spiro atoms. The number of rotatable bonds is 7. The Labute approximate surface area is 114 Å². The molecular formula is C16H21NO2. The molecule has 0 saturated heterocycles. The monoisotopic (exact) mass is 259 g/mol. The van der Waals surface area contributed by atoms with Crippen molar-refractivity contribution in [1.29, 1.82) is 5.41 Å². The molecule has 0 aromatic carbocycles. The highest BCUT2D eigenvalue weighted by atomic mass is 16.4. The Bertz CT molecular complexity index is 479. The van der Waals surface area contributed by atoms with Gasteiger partial charge in [-0.2, -0.15) is 0 Å². The van der Waals surface area contributed by atoms with Crippen LogP contribution in [0, 0.1) is 11.3 Å². The summed E-state index contributed by atoms with van der Waals surface area (Å²) in [7, 11) is 0. The molecule has 0 rings (SSSR count). The first-order valence-electron chi connectivity index (χ1n) is 5.91. The molecule has 2 N–H and O–H groups in total. The van der Waals surface area contributed by atoms with Crippen molar-refractivity contribution in [2.45, 2.75) is 20.8 Å². The fraction of sp³-hybridized carbons (Fsp3) is 0.250. The summed E-state index contributed by atoms with van der Waals surface area (Å²) in [6, 6.07) is 0. The van der Waals surface area contributed by atoms with Crippen molar-refractivity contribution >= 4 is 12.2 Å². The first-order chi connectivity index (χ1) is 8.77. The molecule has 0 fully saturated rings. The molecule has 0 saturated carbocycles. The van der Waals surface area contributed by atoms with Crippen LogP contribution in [0.25, 0.3) is 0 Å². The zero-order chi connectivity index (χ0) is 15.0. The largest absolute Gasteiger partial charge is 0.481 e. The van der Waals surface area contributed by atoms with Crippen LogP contribution < -0.4 is 0 Å². The van der Waals surface area contributed by atoms with Gasteiger partial charge in [0, 0.05) is 6.21 Å². The molecule has 1 atom stereocenters. The molecule has 0 bridgehead atoms. The lowest BCUT2D eigenvalue weighted by atomic mass is 10.0. The normalized spacial score (nSPS) is 14.3. The van der Waals surface area contributed by atoms with Crippen molar-refractivity contribution in [2.24, 2.45) is 5.92 Å². The molecule has 0 heterocycles. The summed E-state index contributed by atoms with van der Waals surface area (Å²) >= 11 is 0. The van der Waals surface area contributed by atoms with E-state index in [9.17, 15) is 4.79 Å². The molecule has 19 heavy (non-hydrogen) atoms. The van der Waals surface area contributed by atoms with Gasteiger partial charge in [0.15, 0.2) is 0 Å². The van der Waals surface area contributed by atoms with Gasteiger partial charge in [-0.15, -0.1) is 0 Å². The lowest BCUT2D eigenvalue weighted by Crippen LogP contribution is -2.12. The van der Waals surface area contributed by atoms with Gasteiger partial charge in [0.1, 0.15) is 5.92 Å². The van der Waals surface area contributed by atoms with Gasteiger partial charge in [-0.1, -0.05) is 48.6 Å². The Morgan fingerprint density at radius 3 is 2.21 bits per heavy atom. The summed E-state index contributed by atoms with van der Waals surface area (Å²) in [5.74, 6) is -1.94. The third kappa shape index (κ3) is 6.99. The van der Waals surface area contributed by atoms with Crippen LogP contribution >= 0.6 is 0 Å². The van der Waals surface area contributed by atoms with Crippen LogP contribution in [0.15, 0.2) is 59.8 Å². The maximum absolute atomic E-state index is 10.8. The lowest BCUT2D eigenvalue weighted by Gasteiger charge is -2.05. The number of allylic oxidation sites excluding steroid dienone is 7. The summed E-state index contributed by atoms with van der Waals surface area (Å²) in [5.41, 5.74) is 3.44. The van der Waals surface area contributed by atoms with Crippen molar-refractivity contribution in [1.82, 2.24) is 0 Å². The molecule has 3 heteroatoms. The molecule has 0 radical (unpaired) electrons. The number of nitrogens with one attached hydrogen (secondary N) is 1. The van der Waals surface area contributed by atoms with E-state index in [1.54, 1.807) is 6.92 Å². The minimum atomic E-state index is -1.04. The first kappa shape index (κ1) is 16.8. The molecule has 0 aromatic rings. The Morgan fingerprint density at radius 1 is 1.21 bits per heavy atom. The van der Waals surface area contributed by atoms with E-state index < -0.39 is 11.9 Å². The molecule has 0 aliphatic carbocycles. The highest BCUT2D eigenvalue weighted by molar-refractivity contribution is 5.89. The van der Waals surface area contributed by atoms with E-state index in [4.69, 9.17) is 10.5 Å². The van der Waals surface area contributed by atoms with Gasteiger partial charge in [-0.3, -0.25) is 4.79 Å². The van der Waals surface area contributed by atoms with Crippen molar-refractivity contribution in [3.05, 3.63) is 59.8 Å². The van der Waals surface area contributed by atoms with Crippen LogP contribution in [0.3, 0.4) is 0 Å². The van der Waals surface area contributed by atoms with Gasteiger partial charge in [0.25, 0.3) is 0 Å². The second-order valence-electron chi connectivity index (χ2n) is 4.47. The highest BCUT2D eigenvalue weighted by Gasteiger charge is 2.11. The smallest absolute Gasteiger partial charge is 0.315 e. The summed E-state index contributed by atoms with van der Waals surface area (Å²) in [4.78, 5) is 10.8. The highest BCUT2D eigenvalue weighted by Crippen LogP contribution is 2.14. The number of hydrogen-bond donors (Lipinski definition) is 2. The summed E-state index contributed by atoms with van der Waals surface area (Å²) in [5, 5.41) is 15.9. The third-order valence-electron chi connectivity index (χ3n) is 2.43. The van der Waals surface area contributed by atoms with E-state index >= 15 is 0 Å². The van der Waals surface area contributed by atoms with Gasteiger partial charge in [0.2, 0.25) is 0 Å². The molecule has 0 amide bonds. The van der Waals surface area contributed by atoms with E-state index in [1.807, 2.05) is 32.1 Å². The number of carboxylic acid groups (broad SMARTS) is 1. The van der Waals surface area contributed by atoms with Crippen LogP contribution in [0.5, 0.6) is 0 Å². The van der Waals surface area contributed by atoms with Crippen molar-refractivity contribution in [2.75, 3.05) is 0 Å². The zero-order valence-electron chi connectivity index (χ0n) is 11.7. The van der Waals surface area contributed by atoms with Crippen LogP contribution in [0.1, 0.15) is 20.8 Å². The van der Waals surface area contributed by atoms with E-state index in [1.165, 1.54) is 6.08 Å². The number of hydrogen-bond acceptors (Lipinski definition) is 2.